The molecular weight excluding hydrogens is 473 g/mol. The first-order valence-electron chi connectivity index (χ1n) is 10.8. The molecule has 13 heteroatoms. The second-order valence-electron chi connectivity index (χ2n) is 8.02. The summed E-state index contributed by atoms with van der Waals surface area (Å²) in [4.78, 5) is 14.6. The summed E-state index contributed by atoms with van der Waals surface area (Å²) in [5.41, 5.74) is -0.000354. The van der Waals surface area contributed by atoms with E-state index in [2.05, 4.69) is 20.6 Å². The zero-order valence-corrected chi connectivity index (χ0v) is 18.9. The fourth-order valence-electron chi connectivity index (χ4n) is 3.86. The highest BCUT2D eigenvalue weighted by Crippen LogP contribution is 2.28. The molecule has 3 heterocycles. The first-order chi connectivity index (χ1) is 16.1. The molecule has 182 valence electrons. The SMILES string of the molecule is O=C(NCCCS(=O)(=O)c1ccccc1)C1CCN(c2ccc3nnc(C(F)(F)F)n3n2)CC1. The Balaban J connectivity index is 1.27. The van der Waals surface area contributed by atoms with Crippen LogP contribution in [0.25, 0.3) is 5.65 Å². The number of alkyl halides is 3. The minimum absolute atomic E-state index is 0.000354. The molecule has 0 radical (unpaired) electrons. The minimum atomic E-state index is -4.67. The largest absolute Gasteiger partial charge is 0.453 e. The van der Waals surface area contributed by atoms with Gasteiger partial charge in [0, 0.05) is 25.6 Å². The van der Waals surface area contributed by atoms with E-state index in [9.17, 15) is 26.4 Å². The topological polar surface area (TPSA) is 110 Å². The first-order valence-corrected chi connectivity index (χ1v) is 12.4. The fourth-order valence-corrected chi connectivity index (χ4v) is 5.19. The zero-order valence-electron chi connectivity index (χ0n) is 18.1. The maximum Gasteiger partial charge on any atom is 0.453 e. The lowest BCUT2D eigenvalue weighted by atomic mass is 9.96. The van der Waals surface area contributed by atoms with E-state index >= 15 is 0 Å². The van der Waals surface area contributed by atoms with Crippen molar-refractivity contribution in [2.24, 2.45) is 5.92 Å². The summed E-state index contributed by atoms with van der Waals surface area (Å²) in [6.07, 6.45) is -3.37. The summed E-state index contributed by atoms with van der Waals surface area (Å²) in [5.74, 6) is -1.31. The molecule has 0 unspecified atom stereocenters. The Labute approximate surface area is 193 Å². The molecule has 2 aromatic heterocycles. The molecule has 0 spiro atoms. The van der Waals surface area contributed by atoms with E-state index in [1.807, 2.05) is 4.90 Å². The van der Waals surface area contributed by atoms with Crippen molar-refractivity contribution in [3.63, 3.8) is 0 Å². The number of nitrogens with one attached hydrogen (secondary N) is 1. The zero-order chi connectivity index (χ0) is 24.3. The Hall–Kier alpha value is -3.22. The van der Waals surface area contributed by atoms with Gasteiger partial charge in [0.2, 0.25) is 5.91 Å². The smallest absolute Gasteiger partial charge is 0.356 e. The first kappa shape index (κ1) is 23.9. The van der Waals surface area contributed by atoms with Crippen LogP contribution >= 0.6 is 0 Å². The van der Waals surface area contributed by atoms with Gasteiger partial charge in [-0.05, 0) is 43.5 Å². The number of fused-ring (bicyclic) bond motifs is 1. The molecule has 0 bridgehead atoms. The van der Waals surface area contributed by atoms with Gasteiger partial charge < -0.3 is 10.2 Å². The van der Waals surface area contributed by atoms with E-state index in [0.29, 0.717) is 42.7 Å². The van der Waals surface area contributed by atoms with Gasteiger partial charge in [0.15, 0.2) is 15.5 Å². The number of rotatable bonds is 7. The van der Waals surface area contributed by atoms with Gasteiger partial charge in [-0.25, -0.2) is 8.42 Å². The van der Waals surface area contributed by atoms with Gasteiger partial charge in [-0.3, -0.25) is 4.79 Å². The summed E-state index contributed by atoms with van der Waals surface area (Å²) >= 11 is 0. The monoisotopic (exact) mass is 496 g/mol. The number of halogens is 3. The van der Waals surface area contributed by atoms with Gasteiger partial charge in [-0.1, -0.05) is 18.2 Å². The molecule has 1 aromatic carbocycles. The molecule has 0 atom stereocenters. The molecule has 9 nitrogen and oxygen atoms in total. The van der Waals surface area contributed by atoms with Crippen LogP contribution in [-0.4, -0.2) is 59.5 Å². The number of anilines is 1. The number of aromatic nitrogens is 4. The van der Waals surface area contributed by atoms with Crippen molar-refractivity contribution in [3.8, 4) is 0 Å². The Morgan fingerprint density at radius 1 is 1.06 bits per heavy atom. The van der Waals surface area contributed by atoms with Crippen molar-refractivity contribution in [3.05, 3.63) is 48.3 Å². The van der Waals surface area contributed by atoms with Crippen molar-refractivity contribution in [2.45, 2.75) is 30.3 Å². The predicted octanol–water partition coefficient (Wildman–Crippen LogP) is 2.34. The molecule has 1 aliphatic heterocycles. The normalized spacial score (nSPS) is 15.6. The number of amides is 1. The van der Waals surface area contributed by atoms with Gasteiger partial charge in [0.25, 0.3) is 5.82 Å². The molecule has 1 aliphatic rings. The molecule has 1 N–H and O–H groups in total. The molecule has 1 saturated heterocycles. The number of carbonyl (C=O) groups excluding carboxylic acids is 1. The van der Waals surface area contributed by atoms with E-state index in [-0.39, 0.29) is 34.7 Å². The van der Waals surface area contributed by atoms with Crippen molar-refractivity contribution >= 4 is 27.2 Å². The van der Waals surface area contributed by atoms with Gasteiger partial charge in [0.05, 0.1) is 10.6 Å². The van der Waals surface area contributed by atoms with Crippen LogP contribution in [-0.2, 0) is 20.8 Å². The minimum Gasteiger partial charge on any atom is -0.356 e. The standard InChI is InChI=1S/C21H23F3N6O3S/c22-21(23,24)20-27-26-17-7-8-18(28-30(17)20)29-12-9-15(10-13-29)19(31)25-11-4-14-34(32,33)16-5-2-1-3-6-16/h1-3,5-8,15H,4,9-14H2,(H,25,31). The molecule has 34 heavy (non-hydrogen) atoms. The third-order valence-corrected chi connectivity index (χ3v) is 7.50. The molecule has 1 fully saturated rings. The van der Waals surface area contributed by atoms with E-state index in [1.165, 1.54) is 6.07 Å². The molecule has 3 aromatic rings. The number of sulfone groups is 1. The molecule has 0 aliphatic carbocycles. The van der Waals surface area contributed by atoms with Crippen LogP contribution < -0.4 is 10.2 Å². The van der Waals surface area contributed by atoms with Crippen molar-refractivity contribution in [2.75, 3.05) is 30.3 Å². The molecule has 4 rings (SSSR count). The Morgan fingerprint density at radius 2 is 1.76 bits per heavy atom. The highest BCUT2D eigenvalue weighted by atomic mass is 32.2. The average Bonchev–Trinajstić information content (AvgIpc) is 3.26. The highest BCUT2D eigenvalue weighted by molar-refractivity contribution is 7.91. The number of hydrogen-bond donors (Lipinski definition) is 1. The Kier molecular flexibility index (Phi) is 6.73. The van der Waals surface area contributed by atoms with Crippen LogP contribution in [0.1, 0.15) is 25.1 Å². The molecule has 0 saturated carbocycles. The summed E-state index contributed by atoms with van der Waals surface area (Å²) < 4.78 is 64.5. The lowest BCUT2D eigenvalue weighted by Gasteiger charge is -2.32. The molecular formula is C21H23F3N6O3S. The number of nitrogens with zero attached hydrogens (tertiary/aromatic N) is 5. The third kappa shape index (κ3) is 5.29. The van der Waals surface area contributed by atoms with E-state index in [0.717, 1.165) is 0 Å². The lowest BCUT2D eigenvalue weighted by molar-refractivity contribution is -0.146. The van der Waals surface area contributed by atoms with Crippen LogP contribution in [0.3, 0.4) is 0 Å². The number of hydrogen-bond acceptors (Lipinski definition) is 7. The van der Waals surface area contributed by atoms with Crippen LogP contribution in [0.5, 0.6) is 0 Å². The maximum absolute atomic E-state index is 13.1. The van der Waals surface area contributed by atoms with Crippen molar-refractivity contribution < 1.29 is 26.4 Å². The quantitative estimate of drug-likeness (QED) is 0.500. The van der Waals surface area contributed by atoms with Crippen molar-refractivity contribution in [1.82, 2.24) is 25.1 Å². The van der Waals surface area contributed by atoms with Crippen LogP contribution in [0.4, 0.5) is 19.0 Å². The van der Waals surface area contributed by atoms with Gasteiger partial charge in [0.1, 0.15) is 5.82 Å². The van der Waals surface area contributed by atoms with Crippen LogP contribution in [0.2, 0.25) is 0 Å². The summed E-state index contributed by atoms with van der Waals surface area (Å²) in [7, 11) is -3.39. The predicted molar refractivity (Wildman–Crippen MR) is 117 cm³/mol. The van der Waals surface area contributed by atoms with Crippen LogP contribution in [0.15, 0.2) is 47.4 Å². The number of benzene rings is 1. The van der Waals surface area contributed by atoms with Crippen LogP contribution in [0, 0.1) is 5.92 Å². The maximum atomic E-state index is 13.1. The van der Waals surface area contributed by atoms with E-state index < -0.39 is 21.8 Å². The average molecular weight is 497 g/mol. The van der Waals surface area contributed by atoms with Gasteiger partial charge in [-0.2, -0.15) is 17.7 Å². The van der Waals surface area contributed by atoms with E-state index in [1.54, 1.807) is 36.4 Å². The second-order valence-corrected chi connectivity index (χ2v) is 10.1. The number of carbonyl (C=O) groups is 1. The summed E-state index contributed by atoms with van der Waals surface area (Å²) in [6, 6.07) is 11.2. The fraction of sp³-hybridized carbons (Fsp3) is 0.429. The summed E-state index contributed by atoms with van der Waals surface area (Å²) in [5, 5.41) is 13.5. The summed E-state index contributed by atoms with van der Waals surface area (Å²) in [6.45, 7) is 1.14. The Morgan fingerprint density at radius 3 is 2.44 bits per heavy atom. The second kappa shape index (κ2) is 9.57. The Bertz CT molecular complexity index is 1260. The van der Waals surface area contributed by atoms with Gasteiger partial charge in [-0.15, -0.1) is 15.3 Å². The highest BCUT2D eigenvalue weighted by Gasteiger charge is 2.38. The third-order valence-electron chi connectivity index (χ3n) is 5.68. The van der Waals surface area contributed by atoms with Crippen molar-refractivity contribution in [1.29, 1.82) is 0 Å². The molecule has 1 amide bonds. The van der Waals surface area contributed by atoms with Gasteiger partial charge >= 0.3 is 6.18 Å². The lowest BCUT2D eigenvalue weighted by Crippen LogP contribution is -2.41. The van der Waals surface area contributed by atoms with E-state index in [4.69, 9.17) is 0 Å². The number of piperidine rings is 1.